The molecule has 0 aliphatic carbocycles. The van der Waals surface area contributed by atoms with Crippen molar-refractivity contribution < 1.29 is 0 Å². The number of hydrogen-bond donors (Lipinski definition) is 0. The van der Waals surface area contributed by atoms with Crippen molar-refractivity contribution >= 4 is 24.4 Å². The van der Waals surface area contributed by atoms with E-state index in [0.717, 1.165) is 0 Å². The smallest absolute Gasteiger partial charge is 0.0819 e. The van der Waals surface area contributed by atoms with Gasteiger partial charge in [-0.1, -0.05) is 62.5 Å². The highest BCUT2D eigenvalue weighted by molar-refractivity contribution is 6.74. The first-order valence-electron chi connectivity index (χ1n) is 4.71. The Morgan fingerprint density at radius 1 is 0.833 bits per heavy atom. The second-order valence-electron chi connectivity index (χ2n) is 3.98. The lowest BCUT2D eigenvalue weighted by Crippen LogP contribution is -2.31. The molecular formula is C10H16B2. The van der Waals surface area contributed by atoms with Crippen LogP contribution in [0.15, 0.2) is 24.3 Å². The van der Waals surface area contributed by atoms with Crippen molar-refractivity contribution in [2.24, 2.45) is 0 Å². The molecule has 1 rings (SSSR count). The molecule has 12 heavy (non-hydrogen) atoms. The van der Waals surface area contributed by atoms with Crippen LogP contribution in [-0.4, -0.2) is 13.4 Å². The molecule has 0 aliphatic heterocycles. The largest absolute Gasteiger partial charge is 0.169 e. The molecule has 0 spiro atoms. The van der Waals surface area contributed by atoms with Gasteiger partial charge >= 0.3 is 0 Å². The van der Waals surface area contributed by atoms with Gasteiger partial charge in [0.2, 0.25) is 0 Å². The highest BCUT2D eigenvalue weighted by Gasteiger charge is 2.06. The molecule has 0 nitrogen and oxygen atoms in total. The van der Waals surface area contributed by atoms with Crippen LogP contribution in [0.3, 0.4) is 0 Å². The first kappa shape index (κ1) is 9.44. The summed E-state index contributed by atoms with van der Waals surface area (Å²) < 4.78 is 0. The van der Waals surface area contributed by atoms with Crippen LogP contribution in [0.2, 0.25) is 27.3 Å². The van der Waals surface area contributed by atoms with Crippen LogP contribution in [0.5, 0.6) is 0 Å². The van der Waals surface area contributed by atoms with E-state index in [9.17, 15) is 0 Å². The zero-order chi connectivity index (χ0) is 9.14. The van der Waals surface area contributed by atoms with Gasteiger partial charge in [-0.15, -0.1) is 0 Å². The lowest BCUT2D eigenvalue weighted by Gasteiger charge is -2.06. The number of benzene rings is 1. The van der Waals surface area contributed by atoms with Crippen LogP contribution < -0.4 is 10.9 Å². The summed E-state index contributed by atoms with van der Waals surface area (Å²) in [7, 11) is 0. The lowest BCUT2D eigenvalue weighted by molar-refractivity contribution is 1.76. The van der Waals surface area contributed by atoms with Gasteiger partial charge in [-0.05, 0) is 0 Å². The first-order chi connectivity index (χ1) is 5.61. The number of rotatable bonds is 2. The van der Waals surface area contributed by atoms with Crippen LogP contribution in [0, 0.1) is 0 Å². The van der Waals surface area contributed by atoms with Gasteiger partial charge in [0.15, 0.2) is 13.4 Å². The molecule has 2 heteroatoms. The maximum absolute atomic E-state index is 2.31. The van der Waals surface area contributed by atoms with Gasteiger partial charge in [0.05, 0.1) is 0 Å². The minimum Gasteiger partial charge on any atom is -0.0819 e. The molecule has 1 aromatic carbocycles. The van der Waals surface area contributed by atoms with Gasteiger partial charge in [-0.2, -0.15) is 0 Å². The Morgan fingerprint density at radius 2 is 1.25 bits per heavy atom. The minimum atomic E-state index is 0.642. The maximum Gasteiger partial charge on any atom is 0.169 e. The van der Waals surface area contributed by atoms with Crippen molar-refractivity contribution in [2.75, 3.05) is 0 Å². The summed E-state index contributed by atoms with van der Waals surface area (Å²) in [6.45, 7) is 10.2. The molecule has 0 radical (unpaired) electrons. The second kappa shape index (κ2) is 3.84. The molecule has 0 aliphatic rings. The van der Waals surface area contributed by atoms with Gasteiger partial charge in [0.1, 0.15) is 0 Å². The van der Waals surface area contributed by atoms with Crippen molar-refractivity contribution in [3.05, 3.63) is 24.3 Å². The van der Waals surface area contributed by atoms with E-state index in [0.29, 0.717) is 13.4 Å². The molecule has 1 aromatic rings. The Morgan fingerprint density at radius 3 is 1.58 bits per heavy atom. The molecule has 0 saturated carbocycles. The molecule has 0 fully saturated rings. The van der Waals surface area contributed by atoms with E-state index < -0.39 is 0 Å². The molecule has 0 atom stereocenters. The third kappa shape index (κ3) is 2.17. The normalized spacial score (nSPS) is 9.67. The van der Waals surface area contributed by atoms with Gasteiger partial charge in [0.25, 0.3) is 0 Å². The van der Waals surface area contributed by atoms with Gasteiger partial charge < -0.3 is 0 Å². The number of hydrogen-bond acceptors (Lipinski definition) is 0. The highest BCUT2D eigenvalue weighted by Crippen LogP contribution is 1.89. The van der Waals surface area contributed by atoms with E-state index in [1.54, 1.807) is 0 Å². The molecule has 62 valence electrons. The fourth-order valence-electron chi connectivity index (χ4n) is 1.28. The molecular weight excluding hydrogens is 142 g/mol. The van der Waals surface area contributed by atoms with Crippen LogP contribution in [-0.2, 0) is 0 Å². The quantitative estimate of drug-likeness (QED) is 0.573. The molecule has 0 unspecified atom stereocenters. The van der Waals surface area contributed by atoms with E-state index >= 15 is 0 Å². The summed E-state index contributed by atoms with van der Waals surface area (Å²) in [4.78, 5) is 0. The van der Waals surface area contributed by atoms with Crippen LogP contribution in [0.4, 0.5) is 0 Å². The minimum absolute atomic E-state index is 0.642. The standard InChI is InChI=1S/C10H16B2/c1-11(2)9-6-5-7-10(8-9)12(3)4/h5-8H,1-4H3. The third-order valence-corrected chi connectivity index (χ3v) is 2.24. The second-order valence-corrected chi connectivity index (χ2v) is 3.98. The third-order valence-electron chi connectivity index (χ3n) is 2.24. The van der Waals surface area contributed by atoms with E-state index in [1.807, 2.05) is 0 Å². The van der Waals surface area contributed by atoms with Gasteiger partial charge in [-0.3, -0.25) is 0 Å². The Balaban J connectivity index is 2.96. The Hall–Kier alpha value is -0.650. The van der Waals surface area contributed by atoms with Crippen molar-refractivity contribution in [3.63, 3.8) is 0 Å². The van der Waals surface area contributed by atoms with Gasteiger partial charge in [0, 0.05) is 0 Å². The van der Waals surface area contributed by atoms with E-state index in [2.05, 4.69) is 51.6 Å². The summed E-state index contributed by atoms with van der Waals surface area (Å²) in [5.74, 6) is 0. The predicted molar refractivity (Wildman–Crippen MR) is 60.7 cm³/mol. The predicted octanol–water partition coefficient (Wildman–Crippen LogP) is 1.61. The van der Waals surface area contributed by atoms with Gasteiger partial charge in [-0.25, -0.2) is 0 Å². The van der Waals surface area contributed by atoms with E-state index in [4.69, 9.17) is 0 Å². The highest BCUT2D eigenvalue weighted by atomic mass is 13.9. The summed E-state index contributed by atoms with van der Waals surface area (Å²) in [6.07, 6.45) is 0. The van der Waals surface area contributed by atoms with Crippen molar-refractivity contribution in [1.29, 1.82) is 0 Å². The fourth-order valence-corrected chi connectivity index (χ4v) is 1.28. The topological polar surface area (TPSA) is 0 Å². The Labute approximate surface area is 76.5 Å². The summed E-state index contributed by atoms with van der Waals surface area (Å²) in [6, 6.07) is 8.88. The van der Waals surface area contributed by atoms with Crippen LogP contribution >= 0.6 is 0 Å². The Kier molecular flexibility index (Phi) is 3.02. The summed E-state index contributed by atoms with van der Waals surface area (Å²) >= 11 is 0. The van der Waals surface area contributed by atoms with E-state index in [1.165, 1.54) is 10.9 Å². The maximum atomic E-state index is 2.31. The summed E-state index contributed by atoms with van der Waals surface area (Å²) in [5.41, 5.74) is 2.89. The fraction of sp³-hybridized carbons (Fsp3) is 0.400. The van der Waals surface area contributed by atoms with Crippen molar-refractivity contribution in [1.82, 2.24) is 0 Å². The van der Waals surface area contributed by atoms with Crippen molar-refractivity contribution in [2.45, 2.75) is 27.3 Å². The van der Waals surface area contributed by atoms with E-state index in [-0.39, 0.29) is 0 Å². The van der Waals surface area contributed by atoms with Crippen LogP contribution in [0.25, 0.3) is 0 Å². The van der Waals surface area contributed by atoms with Crippen molar-refractivity contribution in [3.8, 4) is 0 Å². The zero-order valence-corrected chi connectivity index (χ0v) is 8.46. The summed E-state index contributed by atoms with van der Waals surface area (Å²) in [5, 5.41) is 0. The molecule has 0 N–H and O–H groups in total. The average Bonchev–Trinajstić information content (AvgIpc) is 2.04. The molecule has 0 amide bonds. The SMILES string of the molecule is CB(C)c1cccc(B(C)C)c1. The van der Waals surface area contributed by atoms with Crippen LogP contribution in [0.1, 0.15) is 0 Å². The molecule has 0 saturated heterocycles. The monoisotopic (exact) mass is 158 g/mol. The molecule has 0 aromatic heterocycles. The molecule has 0 bridgehead atoms. The average molecular weight is 158 g/mol. The molecule has 0 heterocycles. The Bertz CT molecular complexity index is 231. The zero-order valence-electron chi connectivity index (χ0n) is 8.46. The first-order valence-corrected chi connectivity index (χ1v) is 4.71. The lowest BCUT2D eigenvalue weighted by atomic mass is 9.45.